The van der Waals surface area contributed by atoms with Crippen molar-refractivity contribution in [3.8, 4) is 0 Å². The second kappa shape index (κ2) is 4.11. The monoisotopic (exact) mass is 227 g/mol. The van der Waals surface area contributed by atoms with Gasteiger partial charge in [0.1, 0.15) is 0 Å². The van der Waals surface area contributed by atoms with Gasteiger partial charge in [0.15, 0.2) is 4.87 Å². The minimum absolute atomic E-state index is 0.108. The first-order valence-corrected chi connectivity index (χ1v) is 5.60. The van der Waals surface area contributed by atoms with Gasteiger partial charge >= 0.3 is 0 Å². The van der Waals surface area contributed by atoms with Crippen LogP contribution in [0.2, 0.25) is 0 Å². The van der Waals surface area contributed by atoms with E-state index < -0.39 is 33.6 Å². The van der Waals surface area contributed by atoms with Crippen molar-refractivity contribution in [1.82, 2.24) is 0 Å². The Labute approximate surface area is 83.5 Å². The highest BCUT2D eigenvalue weighted by molar-refractivity contribution is 7.87. The number of nitrogens with two attached hydrogens (primary N) is 1. The SMILES string of the molecule is CCC(N)(C(C)(CO)CO)S(=O)(=O)O. The van der Waals surface area contributed by atoms with Crippen molar-refractivity contribution < 1.29 is 23.2 Å². The van der Waals surface area contributed by atoms with Gasteiger partial charge in [0.25, 0.3) is 10.1 Å². The summed E-state index contributed by atoms with van der Waals surface area (Å²) in [6.45, 7) is 1.49. The second-order valence-corrected chi connectivity index (χ2v) is 5.27. The molecule has 0 aromatic carbocycles. The summed E-state index contributed by atoms with van der Waals surface area (Å²) >= 11 is 0. The Morgan fingerprint density at radius 2 is 1.64 bits per heavy atom. The van der Waals surface area contributed by atoms with Crippen LogP contribution in [0.1, 0.15) is 20.3 Å². The Morgan fingerprint density at radius 1 is 1.29 bits per heavy atom. The molecule has 86 valence electrons. The summed E-state index contributed by atoms with van der Waals surface area (Å²) in [7, 11) is -4.54. The summed E-state index contributed by atoms with van der Waals surface area (Å²) in [6, 6.07) is 0. The fourth-order valence-corrected chi connectivity index (χ4v) is 2.35. The molecule has 0 aliphatic rings. The Kier molecular flexibility index (Phi) is 4.05. The van der Waals surface area contributed by atoms with Gasteiger partial charge in [-0.15, -0.1) is 0 Å². The van der Waals surface area contributed by atoms with Crippen molar-refractivity contribution in [1.29, 1.82) is 0 Å². The molecule has 7 heteroatoms. The van der Waals surface area contributed by atoms with E-state index in [4.69, 9.17) is 20.5 Å². The van der Waals surface area contributed by atoms with Crippen molar-refractivity contribution in [2.45, 2.75) is 25.1 Å². The predicted molar refractivity (Wildman–Crippen MR) is 51.0 cm³/mol. The Morgan fingerprint density at radius 3 is 1.71 bits per heavy atom. The predicted octanol–water partition coefficient (Wildman–Crippen LogP) is -1.07. The van der Waals surface area contributed by atoms with Crippen molar-refractivity contribution in [3.05, 3.63) is 0 Å². The van der Waals surface area contributed by atoms with E-state index in [1.54, 1.807) is 0 Å². The third-order valence-electron chi connectivity index (χ3n) is 2.71. The lowest BCUT2D eigenvalue weighted by atomic mass is 9.82. The van der Waals surface area contributed by atoms with Crippen molar-refractivity contribution in [3.63, 3.8) is 0 Å². The summed E-state index contributed by atoms with van der Waals surface area (Å²) < 4.78 is 31.1. The maximum absolute atomic E-state index is 11.1. The fraction of sp³-hybridized carbons (Fsp3) is 1.00. The van der Waals surface area contributed by atoms with Crippen LogP contribution in [0.15, 0.2) is 0 Å². The molecule has 0 aromatic heterocycles. The summed E-state index contributed by atoms with van der Waals surface area (Å²) in [4.78, 5) is -2.04. The highest BCUT2D eigenvalue weighted by atomic mass is 32.2. The van der Waals surface area contributed by atoms with Crippen LogP contribution in [0.5, 0.6) is 0 Å². The highest BCUT2D eigenvalue weighted by Gasteiger charge is 2.52. The largest absolute Gasteiger partial charge is 0.396 e. The molecule has 0 aliphatic carbocycles. The number of hydrogen-bond donors (Lipinski definition) is 4. The first-order valence-electron chi connectivity index (χ1n) is 4.16. The average Bonchev–Trinajstić information content (AvgIpc) is 2.13. The molecule has 0 aromatic rings. The summed E-state index contributed by atoms with van der Waals surface area (Å²) in [5, 5.41) is 18.0. The van der Waals surface area contributed by atoms with E-state index in [1.165, 1.54) is 13.8 Å². The number of aliphatic hydroxyl groups excluding tert-OH is 2. The van der Waals surface area contributed by atoms with E-state index >= 15 is 0 Å². The van der Waals surface area contributed by atoms with Crippen LogP contribution in [-0.4, -0.2) is 41.3 Å². The lowest BCUT2D eigenvalue weighted by Crippen LogP contribution is -2.62. The maximum atomic E-state index is 11.1. The molecule has 5 N–H and O–H groups in total. The maximum Gasteiger partial charge on any atom is 0.284 e. The molecule has 0 aliphatic heterocycles. The van der Waals surface area contributed by atoms with Crippen molar-refractivity contribution in [2.24, 2.45) is 11.1 Å². The normalized spacial score (nSPS) is 17.9. The van der Waals surface area contributed by atoms with Gasteiger partial charge in [-0.2, -0.15) is 8.42 Å². The molecule has 14 heavy (non-hydrogen) atoms. The van der Waals surface area contributed by atoms with Gasteiger partial charge in [-0.3, -0.25) is 4.55 Å². The van der Waals surface area contributed by atoms with Crippen LogP contribution in [-0.2, 0) is 10.1 Å². The van der Waals surface area contributed by atoms with Crippen molar-refractivity contribution >= 4 is 10.1 Å². The van der Waals surface area contributed by atoms with E-state index in [1.807, 2.05) is 0 Å². The molecule has 0 amide bonds. The highest BCUT2D eigenvalue weighted by Crippen LogP contribution is 2.35. The smallest absolute Gasteiger partial charge is 0.284 e. The molecule has 0 spiro atoms. The molecule has 0 saturated heterocycles. The van der Waals surface area contributed by atoms with Crippen LogP contribution in [0.3, 0.4) is 0 Å². The quantitative estimate of drug-likeness (QED) is 0.444. The fourth-order valence-electron chi connectivity index (χ4n) is 1.24. The molecule has 6 nitrogen and oxygen atoms in total. The molecule has 0 saturated carbocycles. The van der Waals surface area contributed by atoms with Gasteiger partial charge < -0.3 is 15.9 Å². The topological polar surface area (TPSA) is 121 Å². The zero-order valence-corrected chi connectivity index (χ0v) is 9.08. The lowest BCUT2D eigenvalue weighted by Gasteiger charge is -2.40. The van der Waals surface area contributed by atoms with Gasteiger partial charge in [0.05, 0.1) is 13.2 Å². The summed E-state index contributed by atoms with van der Waals surface area (Å²) in [5.74, 6) is 0. The molecule has 1 unspecified atom stereocenters. The Balaban J connectivity index is 5.45. The minimum atomic E-state index is -4.54. The zero-order valence-electron chi connectivity index (χ0n) is 8.27. The van der Waals surface area contributed by atoms with Crippen LogP contribution in [0.25, 0.3) is 0 Å². The molecule has 0 fully saturated rings. The second-order valence-electron chi connectivity index (χ2n) is 3.59. The van der Waals surface area contributed by atoms with E-state index in [-0.39, 0.29) is 6.42 Å². The third-order valence-corrected chi connectivity index (χ3v) is 4.41. The van der Waals surface area contributed by atoms with Gasteiger partial charge in [-0.05, 0) is 6.42 Å². The number of rotatable bonds is 5. The van der Waals surface area contributed by atoms with Gasteiger partial charge in [0.2, 0.25) is 0 Å². The molecular formula is C7H17NO5S. The standard InChI is InChI=1S/C7H17NO5S/c1-3-7(8,14(11,12)13)6(2,4-9)5-10/h9-10H,3-5,8H2,1-2H3,(H,11,12,13). The first kappa shape index (κ1) is 13.8. The number of hydrogen-bond acceptors (Lipinski definition) is 5. The van der Waals surface area contributed by atoms with Gasteiger partial charge in [-0.25, -0.2) is 0 Å². The van der Waals surface area contributed by atoms with Crippen LogP contribution >= 0.6 is 0 Å². The van der Waals surface area contributed by atoms with Crippen LogP contribution < -0.4 is 5.73 Å². The zero-order chi connectivity index (χ0) is 11.6. The van der Waals surface area contributed by atoms with Crippen molar-refractivity contribution in [2.75, 3.05) is 13.2 Å². The van der Waals surface area contributed by atoms with Crippen LogP contribution in [0.4, 0.5) is 0 Å². The average molecular weight is 227 g/mol. The number of aliphatic hydroxyl groups is 2. The van der Waals surface area contributed by atoms with E-state index in [0.717, 1.165) is 0 Å². The molecule has 0 rings (SSSR count). The summed E-state index contributed by atoms with van der Waals surface area (Å²) in [6.07, 6.45) is -0.108. The first-order chi connectivity index (χ1) is 6.18. The lowest BCUT2D eigenvalue weighted by molar-refractivity contribution is 0.0287. The summed E-state index contributed by atoms with van der Waals surface area (Å²) in [5.41, 5.74) is 4.04. The third kappa shape index (κ3) is 1.91. The van der Waals surface area contributed by atoms with Gasteiger partial charge in [0, 0.05) is 5.41 Å². The molecule has 0 bridgehead atoms. The Hall–Kier alpha value is -0.210. The molecular weight excluding hydrogens is 210 g/mol. The molecule has 1 atom stereocenters. The Bertz CT molecular complexity index is 284. The van der Waals surface area contributed by atoms with E-state index in [0.29, 0.717) is 0 Å². The van der Waals surface area contributed by atoms with Crippen LogP contribution in [0, 0.1) is 5.41 Å². The van der Waals surface area contributed by atoms with E-state index in [2.05, 4.69) is 0 Å². The van der Waals surface area contributed by atoms with Gasteiger partial charge in [-0.1, -0.05) is 13.8 Å². The molecule has 0 heterocycles. The minimum Gasteiger partial charge on any atom is -0.396 e. The molecule has 0 radical (unpaired) electrons. The van der Waals surface area contributed by atoms with E-state index in [9.17, 15) is 8.42 Å².